The standard InChI is InChI=1S/C17H21F2N3O2S/c1-15(2)5-9-11(16(3,4)6-15)25-14-20-10(13(23)24)12(22(9)14)21-7-17(18,19)8-21/h5-8H2,1-4H3,(H,23,24). The molecule has 5 nitrogen and oxygen atoms in total. The van der Waals surface area contributed by atoms with Crippen molar-refractivity contribution in [1.82, 2.24) is 9.38 Å². The number of anilines is 1. The first kappa shape index (κ1) is 16.8. The van der Waals surface area contributed by atoms with Crippen LogP contribution in [-0.2, 0) is 11.8 Å². The van der Waals surface area contributed by atoms with E-state index in [1.165, 1.54) is 21.1 Å². The van der Waals surface area contributed by atoms with Gasteiger partial charge in [0.15, 0.2) is 10.7 Å². The van der Waals surface area contributed by atoms with Crippen LogP contribution in [0.5, 0.6) is 0 Å². The summed E-state index contributed by atoms with van der Waals surface area (Å²) in [5, 5.41) is 9.51. The van der Waals surface area contributed by atoms with E-state index < -0.39 is 25.0 Å². The Kier molecular flexibility index (Phi) is 3.16. The Hall–Kier alpha value is -1.70. The maximum atomic E-state index is 13.4. The van der Waals surface area contributed by atoms with E-state index in [1.807, 2.05) is 4.40 Å². The predicted molar refractivity (Wildman–Crippen MR) is 92.3 cm³/mol. The second-order valence-electron chi connectivity index (χ2n) is 8.70. The first-order valence-electron chi connectivity index (χ1n) is 8.31. The normalized spacial score (nSPS) is 23.4. The predicted octanol–water partition coefficient (Wildman–Crippen LogP) is 3.80. The molecule has 0 bridgehead atoms. The Morgan fingerprint density at radius 1 is 1.24 bits per heavy atom. The van der Waals surface area contributed by atoms with E-state index in [9.17, 15) is 18.7 Å². The highest BCUT2D eigenvalue weighted by molar-refractivity contribution is 7.17. The fourth-order valence-electron chi connectivity index (χ4n) is 4.53. The fraction of sp³-hybridized carbons (Fsp3) is 0.647. The summed E-state index contributed by atoms with van der Waals surface area (Å²) in [7, 11) is 0. The summed E-state index contributed by atoms with van der Waals surface area (Å²) in [4.78, 5) is 19.1. The number of hydrogen-bond acceptors (Lipinski definition) is 4. The third-order valence-corrected chi connectivity index (χ3v) is 6.52. The van der Waals surface area contributed by atoms with E-state index in [0.29, 0.717) is 10.8 Å². The molecule has 1 N–H and O–H groups in total. The van der Waals surface area contributed by atoms with E-state index in [1.54, 1.807) is 0 Å². The zero-order valence-corrected chi connectivity index (χ0v) is 15.5. The molecule has 136 valence electrons. The molecule has 4 rings (SSSR count). The van der Waals surface area contributed by atoms with Crippen LogP contribution in [-0.4, -0.2) is 39.5 Å². The number of imidazole rings is 1. The van der Waals surface area contributed by atoms with Gasteiger partial charge < -0.3 is 10.0 Å². The van der Waals surface area contributed by atoms with Gasteiger partial charge in [-0.05, 0) is 18.3 Å². The highest BCUT2D eigenvalue weighted by atomic mass is 32.1. The number of halogens is 2. The largest absolute Gasteiger partial charge is 0.476 e. The lowest BCUT2D eigenvalue weighted by Crippen LogP contribution is -2.57. The number of aromatic nitrogens is 2. The minimum atomic E-state index is -2.77. The Morgan fingerprint density at radius 2 is 1.88 bits per heavy atom. The number of aromatic carboxylic acids is 1. The van der Waals surface area contributed by atoms with E-state index in [2.05, 4.69) is 32.7 Å². The zero-order valence-electron chi connectivity index (χ0n) is 14.7. The highest BCUT2D eigenvalue weighted by Gasteiger charge is 2.48. The summed E-state index contributed by atoms with van der Waals surface area (Å²) in [6.07, 6.45) is 1.79. The maximum absolute atomic E-state index is 13.4. The van der Waals surface area contributed by atoms with Gasteiger partial charge in [0.05, 0.1) is 13.1 Å². The smallest absolute Gasteiger partial charge is 0.358 e. The lowest BCUT2D eigenvalue weighted by Gasteiger charge is -2.42. The van der Waals surface area contributed by atoms with E-state index in [-0.39, 0.29) is 16.5 Å². The lowest BCUT2D eigenvalue weighted by atomic mass is 9.67. The van der Waals surface area contributed by atoms with Gasteiger partial charge in [0.2, 0.25) is 0 Å². The van der Waals surface area contributed by atoms with E-state index in [4.69, 9.17) is 0 Å². The Balaban J connectivity index is 1.95. The molecule has 2 aromatic rings. The van der Waals surface area contributed by atoms with Crippen LogP contribution >= 0.6 is 11.3 Å². The number of nitrogens with zero attached hydrogens (tertiary/aromatic N) is 3. The second-order valence-corrected chi connectivity index (χ2v) is 9.68. The van der Waals surface area contributed by atoms with Crippen LogP contribution in [0, 0.1) is 5.41 Å². The van der Waals surface area contributed by atoms with Crippen molar-refractivity contribution < 1.29 is 18.7 Å². The second kappa shape index (κ2) is 4.72. The molecule has 0 amide bonds. The number of rotatable bonds is 2. The molecule has 0 aromatic carbocycles. The molecule has 1 aliphatic heterocycles. The van der Waals surface area contributed by atoms with Crippen molar-refractivity contribution in [3.63, 3.8) is 0 Å². The summed E-state index contributed by atoms with van der Waals surface area (Å²) in [6, 6.07) is 0. The molecule has 1 saturated heterocycles. The summed E-state index contributed by atoms with van der Waals surface area (Å²) >= 11 is 1.49. The van der Waals surface area contributed by atoms with Gasteiger partial charge in [-0.3, -0.25) is 4.40 Å². The van der Waals surface area contributed by atoms with Crippen LogP contribution in [0.3, 0.4) is 0 Å². The van der Waals surface area contributed by atoms with Crippen molar-refractivity contribution in [2.45, 2.75) is 51.9 Å². The van der Waals surface area contributed by atoms with Crippen LogP contribution in [0.4, 0.5) is 14.6 Å². The molecule has 0 radical (unpaired) electrons. The summed E-state index contributed by atoms with van der Waals surface area (Å²) in [5.74, 6) is -3.64. The molecular weight excluding hydrogens is 348 g/mol. The first-order valence-corrected chi connectivity index (χ1v) is 9.13. The number of fused-ring (bicyclic) bond motifs is 3. The average Bonchev–Trinajstić information content (AvgIpc) is 2.91. The first-order chi connectivity index (χ1) is 11.4. The minimum absolute atomic E-state index is 0.0499. The third-order valence-electron chi connectivity index (χ3n) is 5.08. The molecule has 25 heavy (non-hydrogen) atoms. The molecule has 8 heteroatoms. The number of alkyl halides is 2. The van der Waals surface area contributed by atoms with Crippen molar-refractivity contribution in [2.24, 2.45) is 5.41 Å². The number of thiazole rings is 1. The van der Waals surface area contributed by atoms with Crippen LogP contribution < -0.4 is 4.90 Å². The van der Waals surface area contributed by atoms with Crippen molar-refractivity contribution in [2.75, 3.05) is 18.0 Å². The fourth-order valence-corrected chi connectivity index (χ4v) is 5.77. The molecule has 0 atom stereocenters. The number of carbonyl (C=O) groups is 1. The van der Waals surface area contributed by atoms with Gasteiger partial charge >= 0.3 is 5.97 Å². The van der Waals surface area contributed by atoms with E-state index in [0.717, 1.165) is 18.5 Å². The molecule has 1 fully saturated rings. The molecule has 0 spiro atoms. The Morgan fingerprint density at radius 3 is 2.44 bits per heavy atom. The summed E-state index contributed by atoms with van der Waals surface area (Å²) < 4.78 is 28.6. The Bertz CT molecular complexity index is 889. The van der Waals surface area contributed by atoms with Gasteiger partial charge in [0.1, 0.15) is 5.82 Å². The quantitative estimate of drug-likeness (QED) is 0.875. The van der Waals surface area contributed by atoms with Crippen molar-refractivity contribution in [3.8, 4) is 0 Å². The third kappa shape index (κ3) is 2.45. The van der Waals surface area contributed by atoms with Crippen LogP contribution in [0.2, 0.25) is 0 Å². The number of carboxylic acids is 1. The van der Waals surface area contributed by atoms with Crippen LogP contribution in [0.1, 0.15) is 55.2 Å². The topological polar surface area (TPSA) is 57.8 Å². The van der Waals surface area contributed by atoms with E-state index >= 15 is 0 Å². The van der Waals surface area contributed by atoms with Gasteiger partial charge in [-0.15, -0.1) is 11.3 Å². The van der Waals surface area contributed by atoms with Crippen molar-refractivity contribution in [3.05, 3.63) is 16.3 Å². The minimum Gasteiger partial charge on any atom is -0.476 e. The number of carboxylic acid groups (broad SMARTS) is 1. The Labute approximate surface area is 148 Å². The van der Waals surface area contributed by atoms with Crippen LogP contribution in [0.25, 0.3) is 4.96 Å². The van der Waals surface area contributed by atoms with Crippen molar-refractivity contribution >= 4 is 28.1 Å². The van der Waals surface area contributed by atoms with Crippen LogP contribution in [0.15, 0.2) is 0 Å². The molecule has 0 unspecified atom stereocenters. The SMILES string of the molecule is CC1(C)Cc2c(sc3nc(C(=O)O)c(N4CC(F)(F)C4)n23)C(C)(C)C1. The highest BCUT2D eigenvalue weighted by Crippen LogP contribution is 2.50. The van der Waals surface area contributed by atoms with Gasteiger partial charge in [0.25, 0.3) is 5.92 Å². The summed E-state index contributed by atoms with van der Waals surface area (Å²) in [5.41, 5.74) is 0.883. The molecule has 3 heterocycles. The maximum Gasteiger partial charge on any atom is 0.358 e. The molecular formula is C17H21F2N3O2S. The number of hydrogen-bond donors (Lipinski definition) is 1. The average molecular weight is 369 g/mol. The van der Waals surface area contributed by atoms with Crippen molar-refractivity contribution in [1.29, 1.82) is 0 Å². The van der Waals surface area contributed by atoms with Gasteiger partial charge in [-0.2, -0.15) is 0 Å². The monoisotopic (exact) mass is 369 g/mol. The lowest BCUT2D eigenvalue weighted by molar-refractivity contribution is -0.0269. The molecule has 0 saturated carbocycles. The van der Waals surface area contributed by atoms with Gasteiger partial charge in [-0.25, -0.2) is 18.6 Å². The van der Waals surface area contributed by atoms with Gasteiger partial charge in [-0.1, -0.05) is 27.7 Å². The molecule has 2 aliphatic rings. The molecule has 1 aliphatic carbocycles. The summed E-state index contributed by atoms with van der Waals surface area (Å²) in [6.45, 7) is 7.81. The van der Waals surface area contributed by atoms with Gasteiger partial charge in [0, 0.05) is 16.0 Å². The zero-order chi connectivity index (χ0) is 18.4. The molecule has 2 aromatic heterocycles.